The second-order valence-corrected chi connectivity index (χ2v) is 14.4. The average molecular weight is 588 g/mol. The fourth-order valence-electron chi connectivity index (χ4n) is 8.62. The van der Waals surface area contributed by atoms with Gasteiger partial charge in [0.25, 0.3) is 0 Å². The fourth-order valence-corrected chi connectivity index (χ4v) is 9.52. The second-order valence-electron chi connectivity index (χ2n) is 13.1. The van der Waals surface area contributed by atoms with Crippen molar-refractivity contribution in [3.05, 3.63) is 23.3 Å². The van der Waals surface area contributed by atoms with E-state index in [1.54, 1.807) is 13.8 Å². The van der Waals surface area contributed by atoms with Crippen molar-refractivity contribution in [2.24, 2.45) is 35.0 Å². The van der Waals surface area contributed by atoms with Crippen LogP contribution in [0.3, 0.4) is 0 Å². The molecule has 0 aromatic heterocycles. The van der Waals surface area contributed by atoms with Crippen LogP contribution >= 0.6 is 0 Å². The molecule has 3 heterocycles. The first-order valence-corrected chi connectivity index (χ1v) is 15.6. The molecule has 0 N–H and O–H groups in total. The highest BCUT2D eigenvalue weighted by Gasteiger charge is 2.72. The van der Waals surface area contributed by atoms with Crippen LogP contribution in [-0.2, 0) is 43.5 Å². The molecule has 7 aliphatic rings. The van der Waals surface area contributed by atoms with E-state index >= 15 is 0 Å². The molecule has 7 fully saturated rings. The molecule has 220 valence electrons. The summed E-state index contributed by atoms with van der Waals surface area (Å²) in [4.78, 5) is 52.3. The molecule has 8 atom stereocenters. The van der Waals surface area contributed by atoms with Crippen molar-refractivity contribution in [1.82, 2.24) is 0 Å². The zero-order valence-electron chi connectivity index (χ0n) is 22.9. The van der Waals surface area contributed by atoms with Gasteiger partial charge in [-0.1, -0.05) is 13.8 Å². The molecule has 1 aromatic carbocycles. The number of ether oxygens (including phenoxy) is 4. The van der Waals surface area contributed by atoms with Crippen LogP contribution in [0.2, 0.25) is 0 Å². The Morgan fingerprint density at radius 1 is 1.05 bits per heavy atom. The summed E-state index contributed by atoms with van der Waals surface area (Å²) < 4.78 is 58.7. The summed E-state index contributed by atoms with van der Waals surface area (Å²) in [6.45, 7) is 4.93. The van der Waals surface area contributed by atoms with Gasteiger partial charge in [0.2, 0.25) is 0 Å². The largest absolute Gasteiger partial charge is 0.744 e. The highest BCUT2D eigenvalue weighted by Crippen LogP contribution is 2.60. The molecular weight excluding hydrogens is 556 g/mol. The minimum atomic E-state index is -4.76. The van der Waals surface area contributed by atoms with Gasteiger partial charge in [0.1, 0.15) is 45.7 Å². The Morgan fingerprint density at radius 2 is 1.73 bits per heavy atom. The number of rotatable bonds is 6. The first kappa shape index (κ1) is 27.0. The molecule has 4 saturated carbocycles. The summed E-state index contributed by atoms with van der Waals surface area (Å²) in [5, 5.41) is 0. The lowest BCUT2D eigenvalue weighted by molar-refractivity contribution is -0.186. The maximum atomic E-state index is 13.7. The van der Waals surface area contributed by atoms with Gasteiger partial charge in [-0.05, 0) is 74.1 Å². The maximum absolute atomic E-state index is 13.7. The molecule has 0 radical (unpaired) electrons. The van der Waals surface area contributed by atoms with Crippen molar-refractivity contribution in [3.8, 4) is 5.75 Å². The van der Waals surface area contributed by atoms with Gasteiger partial charge in [0.15, 0.2) is 12.2 Å². The molecule has 6 bridgehead atoms. The fraction of sp³-hybridized carbons (Fsp3) is 0.655. The molecule has 0 spiro atoms. The van der Waals surface area contributed by atoms with Gasteiger partial charge in [0.05, 0.1) is 10.3 Å². The number of esters is 3. The Balaban J connectivity index is 1.14. The number of fused-ring (bicyclic) bond motifs is 1. The number of carbonyl (C=O) groups is 4. The highest BCUT2D eigenvalue weighted by molar-refractivity contribution is 7.85. The van der Waals surface area contributed by atoms with Crippen LogP contribution in [-0.4, -0.2) is 61.1 Å². The summed E-state index contributed by atoms with van der Waals surface area (Å²) in [6.07, 6.45) is -0.309. The predicted molar refractivity (Wildman–Crippen MR) is 135 cm³/mol. The van der Waals surface area contributed by atoms with Gasteiger partial charge in [-0.25, -0.2) is 8.42 Å². The van der Waals surface area contributed by atoms with Gasteiger partial charge in [-0.2, -0.15) is 0 Å². The molecule has 1 aromatic rings. The molecule has 8 rings (SSSR count). The van der Waals surface area contributed by atoms with Crippen LogP contribution in [0.5, 0.6) is 5.75 Å². The number of benzene rings is 1. The van der Waals surface area contributed by atoms with Crippen LogP contribution in [0, 0.1) is 41.9 Å². The van der Waals surface area contributed by atoms with Crippen molar-refractivity contribution >= 4 is 33.8 Å². The van der Waals surface area contributed by atoms with Crippen molar-refractivity contribution in [2.45, 2.75) is 88.1 Å². The minimum Gasteiger partial charge on any atom is -0.744 e. The van der Waals surface area contributed by atoms with E-state index in [2.05, 4.69) is 0 Å². The van der Waals surface area contributed by atoms with Crippen LogP contribution in [0.1, 0.15) is 63.0 Å². The number of aryl methyl sites for hydroxylation is 1. The lowest BCUT2D eigenvalue weighted by atomic mass is 9.49. The number of hydrogen-bond donors (Lipinski definition) is 0. The quantitative estimate of drug-likeness (QED) is 0.272. The van der Waals surface area contributed by atoms with E-state index in [0.29, 0.717) is 25.2 Å². The Bertz CT molecular complexity index is 1480. The lowest BCUT2D eigenvalue weighted by Gasteiger charge is -2.54. The van der Waals surface area contributed by atoms with E-state index in [-0.39, 0.29) is 45.3 Å². The standard InChI is InChI=1S/C29H32O11S/c1-11(2)16-7-17(12(3)4-18(16)41(34,35)36)37-26(31)19-20-22-24(39-27(20)32)25(23(19)38-22)40-28(33)29-8-13-5-14(9-29)21(30)15(6-13)10-29/h4,7,11,13-15,19-20,22-25H,5-6,8-10H2,1-3H3,(H,34,35,36)/p-1. The predicted octanol–water partition coefficient (Wildman–Crippen LogP) is 2.17. The molecule has 3 saturated heterocycles. The van der Waals surface area contributed by atoms with Gasteiger partial charge >= 0.3 is 17.9 Å². The summed E-state index contributed by atoms with van der Waals surface area (Å²) in [6, 6.07) is 2.54. The van der Waals surface area contributed by atoms with Crippen LogP contribution < -0.4 is 4.74 Å². The minimum absolute atomic E-state index is 0.0589. The van der Waals surface area contributed by atoms with E-state index in [0.717, 1.165) is 12.8 Å². The Kier molecular flexibility index (Phi) is 5.83. The highest BCUT2D eigenvalue weighted by atomic mass is 32.2. The third kappa shape index (κ3) is 3.93. The molecule has 8 unspecified atom stereocenters. The van der Waals surface area contributed by atoms with Crippen LogP contribution in [0.25, 0.3) is 0 Å². The van der Waals surface area contributed by atoms with Gasteiger partial charge < -0.3 is 23.5 Å². The molecule has 11 nitrogen and oxygen atoms in total. The third-order valence-corrected chi connectivity index (χ3v) is 11.1. The summed E-state index contributed by atoms with van der Waals surface area (Å²) in [5.41, 5.74) is -0.288. The van der Waals surface area contributed by atoms with Crippen LogP contribution in [0.15, 0.2) is 17.0 Å². The first-order valence-electron chi connectivity index (χ1n) is 14.2. The normalized spacial score (nSPS) is 39.9. The molecule has 41 heavy (non-hydrogen) atoms. The molecular formula is C29H31O11S-. The Labute approximate surface area is 237 Å². The van der Waals surface area contributed by atoms with E-state index in [4.69, 9.17) is 18.9 Å². The monoisotopic (exact) mass is 587 g/mol. The lowest BCUT2D eigenvalue weighted by Crippen LogP contribution is -2.56. The Hall–Kier alpha value is -2.83. The molecule has 3 aliphatic heterocycles. The Morgan fingerprint density at radius 3 is 2.37 bits per heavy atom. The second kappa shape index (κ2) is 8.84. The number of Topliss-reactive ketones (excluding diaryl/α,β-unsaturated/α-hetero) is 1. The van der Waals surface area contributed by atoms with Crippen molar-refractivity contribution in [2.75, 3.05) is 0 Å². The maximum Gasteiger partial charge on any atom is 0.318 e. The summed E-state index contributed by atoms with van der Waals surface area (Å²) in [7, 11) is -4.76. The molecule has 4 aliphatic carbocycles. The zero-order valence-corrected chi connectivity index (χ0v) is 23.7. The topological polar surface area (TPSA) is 162 Å². The van der Waals surface area contributed by atoms with E-state index in [1.807, 2.05) is 0 Å². The third-order valence-electron chi connectivity index (χ3n) is 10.3. The van der Waals surface area contributed by atoms with Gasteiger partial charge in [-0.3, -0.25) is 19.2 Å². The van der Waals surface area contributed by atoms with Gasteiger partial charge in [0, 0.05) is 11.8 Å². The zero-order chi connectivity index (χ0) is 29.2. The van der Waals surface area contributed by atoms with Gasteiger partial charge in [-0.15, -0.1) is 0 Å². The number of carbonyl (C=O) groups excluding carboxylic acids is 4. The van der Waals surface area contributed by atoms with E-state index in [1.165, 1.54) is 19.1 Å². The smallest absolute Gasteiger partial charge is 0.318 e. The molecule has 0 amide bonds. The molecule has 12 heteroatoms. The summed E-state index contributed by atoms with van der Waals surface area (Å²) >= 11 is 0. The van der Waals surface area contributed by atoms with Crippen molar-refractivity contribution in [1.29, 1.82) is 0 Å². The SMILES string of the molecule is Cc1cc(S(=O)(=O)[O-])c(C(C)C)cc1OC(=O)C1C2OC3C(OC(=O)C31)C2OC(=O)C12CC3CC(C1)C(=O)C(C3)C2. The average Bonchev–Trinajstić information content (AvgIpc) is 3.51. The van der Waals surface area contributed by atoms with Crippen molar-refractivity contribution < 1.29 is 51.1 Å². The number of ketones is 1. The van der Waals surface area contributed by atoms with Crippen LogP contribution in [0.4, 0.5) is 0 Å². The number of hydrogen-bond acceptors (Lipinski definition) is 11. The van der Waals surface area contributed by atoms with Crippen molar-refractivity contribution in [3.63, 3.8) is 0 Å². The first-order chi connectivity index (χ1) is 19.3. The summed E-state index contributed by atoms with van der Waals surface area (Å²) in [5.74, 6) is -3.85. The van der Waals surface area contributed by atoms with E-state index < -0.39 is 69.7 Å². The van der Waals surface area contributed by atoms with E-state index in [9.17, 15) is 32.1 Å².